The Hall–Kier alpha value is -3.57. The highest BCUT2D eigenvalue weighted by atomic mass is 19.4. The molecule has 1 amide bonds. The largest absolute Gasteiger partial charge is 0.573 e. The first kappa shape index (κ1) is 20.2. The molecule has 3 aromatic rings. The number of rotatable bonds is 4. The Labute approximate surface area is 158 Å². The number of para-hydroxylation sites is 2. The summed E-state index contributed by atoms with van der Waals surface area (Å²) in [4.78, 5) is 16.2. The van der Waals surface area contributed by atoms with E-state index in [0.29, 0.717) is 10.9 Å². The van der Waals surface area contributed by atoms with Crippen molar-refractivity contribution >= 4 is 11.6 Å². The Kier molecular flexibility index (Phi) is 5.18. The van der Waals surface area contributed by atoms with Gasteiger partial charge in [0.25, 0.3) is 5.91 Å². The van der Waals surface area contributed by atoms with Crippen molar-refractivity contribution in [1.29, 1.82) is 0 Å². The lowest BCUT2D eigenvalue weighted by molar-refractivity contribution is -0.274. The molecule has 0 bridgehead atoms. The van der Waals surface area contributed by atoms with Crippen LogP contribution in [0.5, 0.6) is 5.75 Å². The second-order valence-corrected chi connectivity index (χ2v) is 5.50. The number of halogens is 6. The summed E-state index contributed by atoms with van der Waals surface area (Å²) in [6, 6.07) is 8.59. The van der Waals surface area contributed by atoms with Crippen LogP contribution >= 0.6 is 0 Å². The van der Waals surface area contributed by atoms with E-state index >= 15 is 0 Å². The van der Waals surface area contributed by atoms with Gasteiger partial charge in [-0.25, -0.2) is 9.67 Å². The molecule has 1 aromatic carbocycles. The highest BCUT2D eigenvalue weighted by Gasteiger charge is 2.41. The molecular weight excluding hydrogens is 406 g/mol. The maximum absolute atomic E-state index is 13.6. The van der Waals surface area contributed by atoms with Crippen LogP contribution in [0.25, 0.3) is 5.82 Å². The molecule has 0 spiro atoms. The summed E-state index contributed by atoms with van der Waals surface area (Å²) in [5.74, 6) is -2.29. The molecule has 0 radical (unpaired) electrons. The fourth-order valence-electron chi connectivity index (χ4n) is 2.41. The highest BCUT2D eigenvalue weighted by molar-refractivity contribution is 6.05. The molecule has 0 saturated heterocycles. The molecule has 12 heteroatoms. The fraction of sp³-hybridized carbons (Fsp3) is 0.118. The molecule has 3 rings (SSSR count). The third kappa shape index (κ3) is 4.65. The third-order valence-corrected chi connectivity index (χ3v) is 3.51. The predicted octanol–water partition coefficient (Wildman–Crippen LogP) is 4.44. The van der Waals surface area contributed by atoms with Crippen molar-refractivity contribution in [3.05, 3.63) is 66.1 Å². The van der Waals surface area contributed by atoms with E-state index < -0.39 is 41.1 Å². The van der Waals surface area contributed by atoms with Gasteiger partial charge in [0.05, 0.1) is 17.4 Å². The molecule has 2 aromatic heterocycles. The van der Waals surface area contributed by atoms with E-state index in [1.54, 1.807) is 0 Å². The van der Waals surface area contributed by atoms with Gasteiger partial charge in [-0.3, -0.25) is 4.79 Å². The highest BCUT2D eigenvalue weighted by Crippen LogP contribution is 2.35. The van der Waals surface area contributed by atoms with Crippen molar-refractivity contribution < 1.29 is 35.9 Å². The third-order valence-electron chi connectivity index (χ3n) is 3.51. The Morgan fingerprint density at radius 3 is 2.31 bits per heavy atom. The number of nitrogens with zero attached hydrogens (tertiary/aromatic N) is 3. The zero-order valence-corrected chi connectivity index (χ0v) is 14.1. The molecule has 0 aliphatic carbocycles. The van der Waals surface area contributed by atoms with Crippen LogP contribution in [-0.2, 0) is 6.18 Å². The van der Waals surface area contributed by atoms with Crippen LogP contribution in [0.3, 0.4) is 0 Å². The van der Waals surface area contributed by atoms with Gasteiger partial charge in [-0.05, 0) is 24.3 Å². The van der Waals surface area contributed by atoms with Crippen LogP contribution in [-0.4, -0.2) is 27.0 Å². The van der Waals surface area contributed by atoms with Gasteiger partial charge in [0.15, 0.2) is 17.3 Å². The second kappa shape index (κ2) is 7.45. The van der Waals surface area contributed by atoms with Crippen molar-refractivity contribution in [1.82, 2.24) is 14.8 Å². The lowest BCUT2D eigenvalue weighted by Gasteiger charge is -2.15. The van der Waals surface area contributed by atoms with E-state index in [1.165, 1.54) is 36.5 Å². The van der Waals surface area contributed by atoms with Gasteiger partial charge >= 0.3 is 12.5 Å². The van der Waals surface area contributed by atoms with E-state index in [2.05, 4.69) is 14.8 Å². The monoisotopic (exact) mass is 416 g/mol. The van der Waals surface area contributed by atoms with E-state index in [0.717, 1.165) is 12.1 Å². The van der Waals surface area contributed by atoms with Gasteiger partial charge in [-0.2, -0.15) is 18.3 Å². The van der Waals surface area contributed by atoms with E-state index in [-0.39, 0.29) is 5.82 Å². The molecule has 0 saturated carbocycles. The van der Waals surface area contributed by atoms with Gasteiger partial charge in [-0.1, -0.05) is 18.2 Å². The zero-order chi connectivity index (χ0) is 21.2. The minimum atomic E-state index is -5.05. The van der Waals surface area contributed by atoms with Crippen LogP contribution in [0.2, 0.25) is 0 Å². The van der Waals surface area contributed by atoms with E-state index in [1.807, 2.05) is 5.32 Å². The average Bonchev–Trinajstić information content (AvgIpc) is 3.09. The van der Waals surface area contributed by atoms with E-state index in [4.69, 9.17) is 0 Å². The number of carbonyl (C=O) groups is 1. The standard InChI is InChI=1S/C17H10F6N4O2/c18-16(19,20)14-10(9-25-27(14)13-7-3-4-8-24-13)15(28)26-11-5-1-2-6-12(11)29-17(21,22)23/h1-9H,(H,26,28). The van der Waals surface area contributed by atoms with Crippen LogP contribution in [0.4, 0.5) is 32.0 Å². The lowest BCUT2D eigenvalue weighted by atomic mass is 10.2. The summed E-state index contributed by atoms with van der Waals surface area (Å²) in [6.07, 6.45) is -8.16. The number of ether oxygens (including phenoxy) is 1. The number of carbonyl (C=O) groups excluding carboxylic acids is 1. The summed E-state index contributed by atoms with van der Waals surface area (Å²) in [5.41, 5.74) is -2.79. The number of benzene rings is 1. The number of aromatic nitrogens is 3. The summed E-state index contributed by atoms with van der Waals surface area (Å²) in [5, 5.41) is 5.55. The molecule has 2 heterocycles. The molecule has 6 nitrogen and oxygen atoms in total. The van der Waals surface area contributed by atoms with Crippen LogP contribution in [0, 0.1) is 0 Å². The number of nitrogens with one attached hydrogen (secondary N) is 1. The first-order chi connectivity index (χ1) is 13.6. The SMILES string of the molecule is O=C(Nc1ccccc1OC(F)(F)F)c1cnn(-c2ccccn2)c1C(F)(F)F. The van der Waals surface area contributed by atoms with Crippen LogP contribution < -0.4 is 10.1 Å². The van der Waals surface area contributed by atoms with Crippen molar-refractivity contribution in [3.63, 3.8) is 0 Å². The number of amides is 1. The Morgan fingerprint density at radius 2 is 1.69 bits per heavy atom. The second-order valence-electron chi connectivity index (χ2n) is 5.50. The van der Waals surface area contributed by atoms with Gasteiger partial charge in [0.2, 0.25) is 0 Å². The van der Waals surface area contributed by atoms with Gasteiger partial charge in [0, 0.05) is 6.20 Å². The predicted molar refractivity (Wildman–Crippen MR) is 87.4 cm³/mol. The quantitative estimate of drug-likeness (QED) is 0.639. The molecule has 0 aliphatic heterocycles. The number of hydrogen-bond donors (Lipinski definition) is 1. The average molecular weight is 416 g/mol. The molecule has 0 unspecified atom stereocenters. The van der Waals surface area contributed by atoms with Crippen molar-refractivity contribution in [3.8, 4) is 11.6 Å². The summed E-state index contributed by atoms with van der Waals surface area (Å²) in [7, 11) is 0. The molecule has 0 aliphatic rings. The van der Waals surface area contributed by atoms with Crippen molar-refractivity contribution in [2.75, 3.05) is 5.32 Å². The van der Waals surface area contributed by atoms with Gasteiger partial charge in [-0.15, -0.1) is 13.2 Å². The Balaban J connectivity index is 1.99. The lowest BCUT2D eigenvalue weighted by Crippen LogP contribution is -2.22. The number of anilines is 1. The van der Waals surface area contributed by atoms with E-state index in [9.17, 15) is 31.1 Å². The maximum atomic E-state index is 13.6. The molecular formula is C17H10F6N4O2. The summed E-state index contributed by atoms with van der Waals surface area (Å²) >= 11 is 0. The minimum absolute atomic E-state index is 0.195. The van der Waals surface area contributed by atoms with Gasteiger partial charge < -0.3 is 10.1 Å². The molecule has 0 fully saturated rings. The van der Waals surface area contributed by atoms with Gasteiger partial charge in [0.1, 0.15) is 0 Å². The van der Waals surface area contributed by atoms with Crippen molar-refractivity contribution in [2.45, 2.75) is 12.5 Å². The number of hydrogen-bond acceptors (Lipinski definition) is 4. The maximum Gasteiger partial charge on any atom is 0.573 e. The molecule has 1 N–H and O–H groups in total. The Bertz CT molecular complexity index is 1010. The normalized spacial score (nSPS) is 11.9. The van der Waals surface area contributed by atoms with Crippen LogP contribution in [0.1, 0.15) is 16.1 Å². The van der Waals surface area contributed by atoms with Crippen LogP contribution in [0.15, 0.2) is 54.9 Å². The number of alkyl halides is 6. The molecule has 29 heavy (non-hydrogen) atoms. The fourth-order valence-corrected chi connectivity index (χ4v) is 2.41. The molecule has 0 atom stereocenters. The minimum Gasteiger partial charge on any atom is -0.404 e. The topological polar surface area (TPSA) is 69.0 Å². The smallest absolute Gasteiger partial charge is 0.404 e. The number of pyridine rings is 1. The first-order valence-electron chi connectivity index (χ1n) is 7.79. The zero-order valence-electron chi connectivity index (χ0n) is 14.1. The van der Waals surface area contributed by atoms with Crippen molar-refractivity contribution in [2.24, 2.45) is 0 Å². The first-order valence-corrected chi connectivity index (χ1v) is 7.79. The summed E-state index contributed by atoms with van der Waals surface area (Å²) in [6.45, 7) is 0. The Morgan fingerprint density at radius 1 is 1.00 bits per heavy atom. The molecule has 152 valence electrons. The summed E-state index contributed by atoms with van der Waals surface area (Å²) < 4.78 is 82.4.